The molecule has 1 heterocycles. The number of nitrogens with one attached hydrogen (secondary N) is 1. The normalized spacial score (nSPS) is 12.5. The lowest BCUT2D eigenvalue weighted by Gasteiger charge is -2.04. The van der Waals surface area contributed by atoms with E-state index < -0.39 is 11.0 Å². The molecule has 72 valence electrons. The van der Waals surface area contributed by atoms with Gasteiger partial charge in [-0.25, -0.2) is 9.19 Å². The van der Waals surface area contributed by atoms with E-state index in [-0.39, 0.29) is 0 Å². The van der Waals surface area contributed by atoms with E-state index in [0.717, 1.165) is 6.42 Å². The van der Waals surface area contributed by atoms with Crippen molar-refractivity contribution < 1.29 is 4.21 Å². The zero-order valence-electron chi connectivity index (χ0n) is 7.29. The summed E-state index contributed by atoms with van der Waals surface area (Å²) in [6.07, 6.45) is 2.47. The van der Waals surface area contributed by atoms with Crippen LogP contribution in [0.4, 0.5) is 5.82 Å². The van der Waals surface area contributed by atoms with Gasteiger partial charge in [0.15, 0.2) is 5.82 Å². The van der Waals surface area contributed by atoms with Gasteiger partial charge >= 0.3 is 0 Å². The quantitative estimate of drug-likeness (QED) is 0.842. The Hall–Kier alpha value is -0.610. The smallest absolute Gasteiger partial charge is 0.156 e. The summed E-state index contributed by atoms with van der Waals surface area (Å²) in [6, 6.07) is 3.44. The molecule has 13 heavy (non-hydrogen) atoms. The Labute approximate surface area is 85.1 Å². The van der Waals surface area contributed by atoms with Gasteiger partial charge in [-0.15, -0.1) is 0 Å². The molecule has 1 aromatic heterocycles. The van der Waals surface area contributed by atoms with Gasteiger partial charge < -0.3 is 0 Å². The highest BCUT2D eigenvalue weighted by molar-refractivity contribution is 7.86. The number of pyridine rings is 1. The molecule has 0 radical (unpaired) electrons. The molecule has 0 amide bonds. The molecule has 0 aliphatic heterocycles. The number of hydrogen-bond acceptors (Lipinski definition) is 2. The Balaban J connectivity index is 2.63. The zero-order valence-corrected chi connectivity index (χ0v) is 8.86. The molecular weight excluding hydrogens is 208 g/mol. The zero-order chi connectivity index (χ0) is 9.68. The summed E-state index contributed by atoms with van der Waals surface area (Å²) in [4.78, 5) is 3.96. The number of aromatic nitrogens is 1. The van der Waals surface area contributed by atoms with Crippen molar-refractivity contribution in [3.05, 3.63) is 23.4 Å². The van der Waals surface area contributed by atoms with E-state index in [1.807, 2.05) is 6.92 Å². The first kappa shape index (κ1) is 10.5. The molecule has 0 fully saturated rings. The van der Waals surface area contributed by atoms with Gasteiger partial charge in [0.1, 0.15) is 11.0 Å². The molecule has 0 aliphatic rings. The summed E-state index contributed by atoms with van der Waals surface area (Å²) in [5.74, 6) is 1.09. The van der Waals surface area contributed by atoms with E-state index in [4.69, 9.17) is 11.6 Å². The van der Waals surface area contributed by atoms with Crippen molar-refractivity contribution in [1.29, 1.82) is 0 Å². The van der Waals surface area contributed by atoms with Crippen molar-refractivity contribution in [2.24, 2.45) is 0 Å². The summed E-state index contributed by atoms with van der Waals surface area (Å²) < 4.78 is 14.0. The van der Waals surface area contributed by atoms with Crippen LogP contribution in [-0.4, -0.2) is 14.9 Å². The van der Waals surface area contributed by atoms with Gasteiger partial charge in [-0.1, -0.05) is 18.5 Å². The van der Waals surface area contributed by atoms with Crippen LogP contribution in [0.1, 0.15) is 13.3 Å². The van der Waals surface area contributed by atoms with Crippen LogP contribution in [0, 0.1) is 0 Å². The van der Waals surface area contributed by atoms with Gasteiger partial charge in [0.05, 0.1) is 5.02 Å². The second kappa shape index (κ2) is 5.19. The lowest BCUT2D eigenvalue weighted by Crippen LogP contribution is -2.09. The molecule has 0 aromatic carbocycles. The topological polar surface area (TPSA) is 42.0 Å². The minimum Gasteiger partial charge on any atom is -0.288 e. The predicted molar refractivity (Wildman–Crippen MR) is 56.2 cm³/mol. The van der Waals surface area contributed by atoms with E-state index >= 15 is 0 Å². The molecule has 3 nitrogen and oxygen atoms in total. The maximum Gasteiger partial charge on any atom is 0.156 e. The lowest BCUT2D eigenvalue weighted by molar-refractivity contribution is 0.685. The third kappa shape index (κ3) is 3.32. The minimum atomic E-state index is -1.08. The molecule has 0 spiro atoms. The van der Waals surface area contributed by atoms with Crippen molar-refractivity contribution in [3.8, 4) is 0 Å². The molecule has 0 bridgehead atoms. The summed E-state index contributed by atoms with van der Waals surface area (Å²) in [7, 11) is -1.08. The fourth-order valence-corrected chi connectivity index (χ4v) is 1.88. The van der Waals surface area contributed by atoms with Crippen LogP contribution in [0.25, 0.3) is 0 Å². The van der Waals surface area contributed by atoms with Gasteiger partial charge in [-0.05, 0) is 18.6 Å². The Morgan fingerprint density at radius 1 is 1.69 bits per heavy atom. The molecule has 0 saturated carbocycles. The molecule has 5 heteroatoms. The third-order valence-electron chi connectivity index (χ3n) is 1.36. The first-order valence-corrected chi connectivity index (χ1v) is 5.69. The van der Waals surface area contributed by atoms with Crippen molar-refractivity contribution in [2.45, 2.75) is 13.3 Å². The summed E-state index contributed by atoms with van der Waals surface area (Å²) in [5.41, 5.74) is 0. The fraction of sp³-hybridized carbons (Fsp3) is 0.375. The standard InChI is InChI=1S/C8H11ClN2OS/c1-2-6-13(12)11-8-7(9)4-3-5-10-8/h3-5H,2,6H2,1H3,(H,10,11). The average molecular weight is 219 g/mol. The van der Waals surface area contributed by atoms with E-state index in [9.17, 15) is 4.21 Å². The minimum absolute atomic E-state index is 0.482. The Morgan fingerprint density at radius 2 is 2.46 bits per heavy atom. The maximum atomic E-state index is 11.3. The Kier molecular flexibility index (Phi) is 4.18. The van der Waals surface area contributed by atoms with Crippen LogP contribution in [-0.2, 0) is 11.0 Å². The largest absolute Gasteiger partial charge is 0.288 e. The van der Waals surface area contributed by atoms with E-state index in [0.29, 0.717) is 16.6 Å². The molecule has 1 atom stereocenters. The third-order valence-corrected chi connectivity index (χ3v) is 2.86. The van der Waals surface area contributed by atoms with Crippen molar-refractivity contribution >= 4 is 28.4 Å². The molecule has 0 saturated heterocycles. The maximum absolute atomic E-state index is 11.3. The molecule has 1 N–H and O–H groups in total. The van der Waals surface area contributed by atoms with Gasteiger partial charge in [0.2, 0.25) is 0 Å². The van der Waals surface area contributed by atoms with Gasteiger partial charge in [0.25, 0.3) is 0 Å². The predicted octanol–water partition coefficient (Wildman–Crippen LogP) is 2.22. The van der Waals surface area contributed by atoms with Crippen LogP contribution in [0.2, 0.25) is 5.02 Å². The monoisotopic (exact) mass is 218 g/mol. The highest BCUT2D eigenvalue weighted by Crippen LogP contribution is 2.17. The van der Waals surface area contributed by atoms with Crippen molar-refractivity contribution in [2.75, 3.05) is 10.5 Å². The van der Waals surface area contributed by atoms with Crippen LogP contribution in [0.3, 0.4) is 0 Å². The average Bonchev–Trinajstić information content (AvgIpc) is 2.09. The Morgan fingerprint density at radius 3 is 3.08 bits per heavy atom. The van der Waals surface area contributed by atoms with E-state index in [2.05, 4.69) is 9.71 Å². The number of hydrogen-bond donors (Lipinski definition) is 1. The Bertz CT molecular complexity index is 306. The number of anilines is 1. The number of rotatable bonds is 4. The molecule has 1 unspecified atom stereocenters. The van der Waals surface area contributed by atoms with Crippen LogP contribution in [0.5, 0.6) is 0 Å². The molecule has 1 aromatic rings. The number of nitrogens with zero attached hydrogens (tertiary/aromatic N) is 1. The number of halogens is 1. The van der Waals surface area contributed by atoms with Gasteiger partial charge in [0, 0.05) is 11.9 Å². The van der Waals surface area contributed by atoms with Crippen molar-refractivity contribution in [1.82, 2.24) is 4.98 Å². The van der Waals surface area contributed by atoms with E-state index in [1.165, 1.54) is 0 Å². The molecule has 0 aliphatic carbocycles. The van der Waals surface area contributed by atoms with Gasteiger partial charge in [-0.3, -0.25) is 4.72 Å². The first-order valence-electron chi connectivity index (χ1n) is 3.99. The fourth-order valence-electron chi connectivity index (χ4n) is 0.805. The van der Waals surface area contributed by atoms with Crippen molar-refractivity contribution in [3.63, 3.8) is 0 Å². The summed E-state index contributed by atoms with van der Waals surface area (Å²) >= 11 is 5.81. The van der Waals surface area contributed by atoms with Crippen LogP contribution < -0.4 is 4.72 Å². The summed E-state index contributed by atoms with van der Waals surface area (Å²) in [6.45, 7) is 1.97. The molecular formula is C8H11ClN2OS. The second-order valence-corrected chi connectivity index (χ2v) is 4.20. The highest BCUT2D eigenvalue weighted by atomic mass is 35.5. The lowest BCUT2D eigenvalue weighted by atomic mass is 10.5. The van der Waals surface area contributed by atoms with Crippen LogP contribution in [0.15, 0.2) is 18.3 Å². The van der Waals surface area contributed by atoms with E-state index in [1.54, 1.807) is 18.3 Å². The van der Waals surface area contributed by atoms with Gasteiger partial charge in [-0.2, -0.15) is 0 Å². The van der Waals surface area contributed by atoms with Crippen LogP contribution >= 0.6 is 11.6 Å². The second-order valence-electron chi connectivity index (χ2n) is 2.49. The SMILES string of the molecule is CCCS(=O)Nc1ncccc1Cl. The molecule has 1 rings (SSSR count). The highest BCUT2D eigenvalue weighted by Gasteiger charge is 2.02. The first-order chi connectivity index (χ1) is 6.24. The summed E-state index contributed by atoms with van der Waals surface area (Å²) in [5, 5.41) is 0.493.